The molecule has 2 aliphatic rings. The first kappa shape index (κ1) is 22.0. The average molecular weight is 430 g/mol. The van der Waals surface area contributed by atoms with E-state index in [1.54, 1.807) is 0 Å². The molecule has 2 amide bonds. The van der Waals surface area contributed by atoms with Crippen molar-refractivity contribution in [3.8, 4) is 0 Å². The van der Waals surface area contributed by atoms with Gasteiger partial charge in [0.25, 0.3) is 0 Å². The number of thioether (sulfide) groups is 1. The lowest BCUT2D eigenvalue weighted by Gasteiger charge is -2.29. The van der Waals surface area contributed by atoms with Crippen LogP contribution in [0.5, 0.6) is 0 Å². The summed E-state index contributed by atoms with van der Waals surface area (Å²) >= 11 is 1.13. The van der Waals surface area contributed by atoms with Crippen molar-refractivity contribution in [1.29, 1.82) is 0 Å². The van der Waals surface area contributed by atoms with E-state index in [1.165, 1.54) is 25.3 Å². The van der Waals surface area contributed by atoms with E-state index in [2.05, 4.69) is 22.5 Å². The second-order valence-electron chi connectivity index (χ2n) is 7.78. The van der Waals surface area contributed by atoms with Crippen LogP contribution in [0.25, 0.3) is 0 Å². The van der Waals surface area contributed by atoms with Crippen LogP contribution >= 0.6 is 11.8 Å². The first-order valence-corrected chi connectivity index (χ1v) is 10.8. The number of hydrogen-bond donors (Lipinski definition) is 2. The van der Waals surface area contributed by atoms with Crippen molar-refractivity contribution >= 4 is 29.3 Å². The van der Waals surface area contributed by atoms with Gasteiger partial charge in [-0.25, -0.2) is 0 Å². The fourth-order valence-electron chi connectivity index (χ4n) is 3.64. The molecular formula is C20H26F3N3O2S. The molecule has 160 valence electrons. The van der Waals surface area contributed by atoms with Crippen molar-refractivity contribution in [1.82, 2.24) is 10.2 Å². The Kier molecular flexibility index (Phi) is 7.10. The van der Waals surface area contributed by atoms with Crippen LogP contribution in [-0.4, -0.2) is 48.1 Å². The maximum absolute atomic E-state index is 12.8. The van der Waals surface area contributed by atoms with E-state index in [-0.39, 0.29) is 18.0 Å². The molecule has 2 N–H and O–H groups in total. The molecule has 2 unspecified atom stereocenters. The van der Waals surface area contributed by atoms with E-state index >= 15 is 0 Å². The lowest BCUT2D eigenvalue weighted by molar-refractivity contribution is -0.137. The van der Waals surface area contributed by atoms with Gasteiger partial charge in [0.1, 0.15) is 0 Å². The summed E-state index contributed by atoms with van der Waals surface area (Å²) in [4.78, 5) is 27.5. The Bertz CT molecular complexity index is 751. The normalized spacial score (nSPS) is 21.2. The topological polar surface area (TPSA) is 61.4 Å². The molecule has 0 bridgehead atoms. The van der Waals surface area contributed by atoms with E-state index in [1.807, 2.05) is 0 Å². The number of alkyl halides is 3. The number of benzene rings is 1. The predicted molar refractivity (Wildman–Crippen MR) is 107 cm³/mol. The van der Waals surface area contributed by atoms with Gasteiger partial charge < -0.3 is 15.5 Å². The molecule has 3 rings (SSSR count). The van der Waals surface area contributed by atoms with Crippen molar-refractivity contribution in [2.45, 2.75) is 48.9 Å². The molecule has 0 aliphatic carbocycles. The van der Waals surface area contributed by atoms with Crippen molar-refractivity contribution in [2.24, 2.45) is 5.92 Å². The van der Waals surface area contributed by atoms with Crippen molar-refractivity contribution in [2.75, 3.05) is 31.5 Å². The number of fused-ring (bicyclic) bond motifs is 1. The first-order chi connectivity index (χ1) is 13.7. The average Bonchev–Trinajstić information content (AvgIpc) is 2.66. The number of nitrogens with one attached hydrogen (secondary N) is 2. The largest absolute Gasteiger partial charge is 0.416 e. The number of nitrogens with zero attached hydrogens (tertiary/aromatic N) is 1. The molecule has 1 fully saturated rings. The second kappa shape index (κ2) is 9.38. The van der Waals surface area contributed by atoms with Crippen LogP contribution in [0, 0.1) is 5.92 Å². The zero-order chi connectivity index (χ0) is 21.0. The van der Waals surface area contributed by atoms with Crippen LogP contribution < -0.4 is 10.6 Å². The number of carbonyl (C=O) groups excluding carboxylic acids is 2. The minimum atomic E-state index is -4.47. The molecule has 9 heteroatoms. The summed E-state index contributed by atoms with van der Waals surface area (Å²) in [5.74, 6) is -0.358. The zero-order valence-electron chi connectivity index (χ0n) is 16.3. The Labute approximate surface area is 172 Å². The molecule has 1 aromatic rings. The molecule has 1 aromatic carbocycles. The van der Waals surface area contributed by atoms with E-state index in [4.69, 9.17) is 0 Å². The molecule has 2 atom stereocenters. The van der Waals surface area contributed by atoms with Crippen molar-refractivity contribution in [3.63, 3.8) is 0 Å². The first-order valence-electron chi connectivity index (χ1n) is 9.90. The smallest absolute Gasteiger partial charge is 0.356 e. The van der Waals surface area contributed by atoms with Crippen LogP contribution in [0.1, 0.15) is 38.2 Å². The Balaban J connectivity index is 1.49. The highest BCUT2D eigenvalue weighted by atomic mass is 32.2. The van der Waals surface area contributed by atoms with Gasteiger partial charge in [-0.1, -0.05) is 13.3 Å². The van der Waals surface area contributed by atoms with Crippen molar-refractivity contribution < 1.29 is 22.8 Å². The third-order valence-electron chi connectivity index (χ3n) is 5.16. The number of halogens is 3. The molecule has 2 aliphatic heterocycles. The number of rotatable bonds is 6. The molecule has 1 saturated heterocycles. The minimum absolute atomic E-state index is 0.00655. The number of hydrogen-bond acceptors (Lipinski definition) is 4. The SMILES string of the molecule is CC(CNC(=O)CC1Sc2ccc(C(F)(F)F)cc2NC1=O)CN1CCCCC1. The van der Waals surface area contributed by atoms with Gasteiger partial charge in [0.15, 0.2) is 0 Å². The van der Waals surface area contributed by atoms with Gasteiger partial charge in [-0.05, 0) is 50.0 Å². The summed E-state index contributed by atoms with van der Waals surface area (Å²) in [6, 6.07) is 3.26. The summed E-state index contributed by atoms with van der Waals surface area (Å²) in [5, 5.41) is 4.73. The molecule has 0 saturated carbocycles. The second-order valence-corrected chi connectivity index (χ2v) is 9.02. The van der Waals surface area contributed by atoms with Gasteiger partial charge in [-0.15, -0.1) is 11.8 Å². The molecule has 29 heavy (non-hydrogen) atoms. The summed E-state index contributed by atoms with van der Waals surface area (Å²) < 4.78 is 38.5. The van der Waals surface area contributed by atoms with Gasteiger partial charge in [-0.2, -0.15) is 13.2 Å². The number of anilines is 1. The third-order valence-corrected chi connectivity index (χ3v) is 6.44. The predicted octanol–water partition coefficient (Wildman–Crippen LogP) is 3.75. The monoisotopic (exact) mass is 429 g/mol. The van der Waals surface area contributed by atoms with Crippen LogP contribution in [0.2, 0.25) is 0 Å². The standard InChI is InChI=1S/C20H26F3N3O2S/c1-13(12-26-7-3-2-4-8-26)11-24-18(27)10-17-19(28)25-15-9-14(20(21,22)23)5-6-16(15)29-17/h5-6,9,13,17H,2-4,7-8,10-12H2,1H3,(H,24,27)(H,25,28). The molecular weight excluding hydrogens is 403 g/mol. The van der Waals surface area contributed by atoms with Crippen LogP contribution in [0.4, 0.5) is 18.9 Å². The number of amides is 2. The lowest BCUT2D eigenvalue weighted by Crippen LogP contribution is -2.39. The number of likely N-dealkylation sites (tertiary alicyclic amines) is 1. The highest BCUT2D eigenvalue weighted by Gasteiger charge is 2.34. The Morgan fingerprint density at radius 3 is 2.72 bits per heavy atom. The minimum Gasteiger partial charge on any atom is -0.356 e. The number of piperidine rings is 1. The molecule has 0 aromatic heterocycles. The fourth-order valence-corrected chi connectivity index (χ4v) is 4.73. The third kappa shape index (κ3) is 6.12. The number of carbonyl (C=O) groups is 2. The zero-order valence-corrected chi connectivity index (χ0v) is 17.2. The molecule has 0 radical (unpaired) electrons. The van der Waals surface area contributed by atoms with Crippen LogP contribution in [0.15, 0.2) is 23.1 Å². The summed E-state index contributed by atoms with van der Waals surface area (Å²) in [5.41, 5.74) is -0.669. The summed E-state index contributed by atoms with van der Waals surface area (Å²) in [6.07, 6.45) is -0.749. The van der Waals surface area contributed by atoms with Gasteiger partial charge in [0, 0.05) is 24.4 Å². The maximum Gasteiger partial charge on any atom is 0.416 e. The van der Waals surface area contributed by atoms with E-state index in [0.717, 1.165) is 43.5 Å². The van der Waals surface area contributed by atoms with Gasteiger partial charge in [0.05, 0.1) is 16.5 Å². The molecule has 2 heterocycles. The Morgan fingerprint density at radius 2 is 2.03 bits per heavy atom. The molecule has 5 nitrogen and oxygen atoms in total. The lowest BCUT2D eigenvalue weighted by atomic mass is 10.1. The van der Waals surface area contributed by atoms with Crippen LogP contribution in [0.3, 0.4) is 0 Å². The summed E-state index contributed by atoms with van der Waals surface area (Å²) in [7, 11) is 0. The molecule has 0 spiro atoms. The summed E-state index contributed by atoms with van der Waals surface area (Å²) in [6.45, 7) is 5.78. The Hall–Kier alpha value is -1.74. The van der Waals surface area contributed by atoms with Gasteiger partial charge in [0.2, 0.25) is 11.8 Å². The van der Waals surface area contributed by atoms with Gasteiger partial charge in [-0.3, -0.25) is 9.59 Å². The van der Waals surface area contributed by atoms with E-state index < -0.39 is 22.9 Å². The van der Waals surface area contributed by atoms with Crippen molar-refractivity contribution in [3.05, 3.63) is 23.8 Å². The van der Waals surface area contributed by atoms with E-state index in [9.17, 15) is 22.8 Å². The quantitative estimate of drug-likeness (QED) is 0.723. The maximum atomic E-state index is 12.8. The van der Waals surface area contributed by atoms with Crippen LogP contribution in [-0.2, 0) is 15.8 Å². The highest BCUT2D eigenvalue weighted by Crippen LogP contribution is 2.40. The highest BCUT2D eigenvalue weighted by molar-refractivity contribution is 8.01. The fraction of sp³-hybridized carbons (Fsp3) is 0.600. The van der Waals surface area contributed by atoms with E-state index in [0.29, 0.717) is 17.4 Å². The Morgan fingerprint density at radius 1 is 1.31 bits per heavy atom. The van der Waals surface area contributed by atoms with Gasteiger partial charge >= 0.3 is 6.18 Å².